The fourth-order valence-corrected chi connectivity index (χ4v) is 7.05. The molecule has 3 rings (SSSR count). The monoisotopic (exact) mass is 319 g/mol. The maximum absolute atomic E-state index is 2.38. The molecule has 0 unspecified atom stereocenters. The SMILES string of the molecule is C[Si](C)c1ccccc1P(c1ccccc1)c1ccccc1. The molecule has 0 spiro atoms. The van der Waals surface area contributed by atoms with Gasteiger partial charge < -0.3 is 0 Å². The summed E-state index contributed by atoms with van der Waals surface area (Å²) in [4.78, 5) is 0. The second-order valence-electron chi connectivity index (χ2n) is 5.52. The molecule has 0 nitrogen and oxygen atoms in total. The molecule has 1 radical (unpaired) electrons. The number of rotatable bonds is 4. The summed E-state index contributed by atoms with van der Waals surface area (Å²) in [5.74, 6) is 0. The molecule has 0 saturated carbocycles. The van der Waals surface area contributed by atoms with Gasteiger partial charge in [-0.1, -0.05) is 103 Å². The average molecular weight is 319 g/mol. The quantitative estimate of drug-likeness (QED) is 0.511. The van der Waals surface area contributed by atoms with Gasteiger partial charge in [0, 0.05) is 0 Å². The van der Waals surface area contributed by atoms with Gasteiger partial charge in [-0.05, 0) is 23.8 Å². The van der Waals surface area contributed by atoms with Crippen molar-refractivity contribution < 1.29 is 0 Å². The lowest BCUT2D eigenvalue weighted by Gasteiger charge is -2.23. The maximum atomic E-state index is 2.38. The van der Waals surface area contributed by atoms with Crippen molar-refractivity contribution in [2.45, 2.75) is 13.1 Å². The summed E-state index contributed by atoms with van der Waals surface area (Å²) in [6.45, 7) is 4.76. The van der Waals surface area contributed by atoms with Gasteiger partial charge >= 0.3 is 0 Å². The minimum atomic E-state index is -0.484. The Labute approximate surface area is 136 Å². The van der Waals surface area contributed by atoms with Crippen molar-refractivity contribution >= 4 is 37.8 Å². The molecule has 0 amide bonds. The fraction of sp³-hybridized carbons (Fsp3) is 0.100. The predicted molar refractivity (Wildman–Crippen MR) is 102 cm³/mol. The van der Waals surface area contributed by atoms with Crippen LogP contribution in [0.15, 0.2) is 84.9 Å². The van der Waals surface area contributed by atoms with Crippen LogP contribution >= 0.6 is 7.92 Å². The molecule has 2 heteroatoms. The minimum Gasteiger partial charge on any atom is -0.0671 e. The summed E-state index contributed by atoms with van der Waals surface area (Å²) < 4.78 is 0. The van der Waals surface area contributed by atoms with Crippen molar-refractivity contribution in [1.82, 2.24) is 0 Å². The number of benzene rings is 3. The van der Waals surface area contributed by atoms with E-state index in [9.17, 15) is 0 Å². The van der Waals surface area contributed by atoms with Gasteiger partial charge in [0.25, 0.3) is 0 Å². The first-order valence-corrected chi connectivity index (χ1v) is 11.4. The molecule has 0 saturated heterocycles. The molecule has 3 aromatic rings. The second-order valence-corrected chi connectivity index (χ2v) is 10.2. The van der Waals surface area contributed by atoms with E-state index in [-0.39, 0.29) is 0 Å². The van der Waals surface area contributed by atoms with Crippen LogP contribution in [-0.2, 0) is 0 Å². The molecule has 0 N–H and O–H groups in total. The van der Waals surface area contributed by atoms with Gasteiger partial charge in [-0.2, -0.15) is 0 Å². The molecular weight excluding hydrogens is 299 g/mol. The van der Waals surface area contributed by atoms with Crippen LogP contribution in [0.5, 0.6) is 0 Å². The Morgan fingerprint density at radius 1 is 0.591 bits per heavy atom. The lowest BCUT2D eigenvalue weighted by molar-refractivity contribution is 1.74. The van der Waals surface area contributed by atoms with Crippen LogP contribution < -0.4 is 21.1 Å². The van der Waals surface area contributed by atoms with Gasteiger partial charge in [0.2, 0.25) is 0 Å². The molecule has 0 fully saturated rings. The molecule has 0 aliphatic rings. The van der Waals surface area contributed by atoms with E-state index in [1.807, 2.05) is 0 Å². The minimum absolute atomic E-state index is 0.474. The summed E-state index contributed by atoms with van der Waals surface area (Å²) in [6, 6.07) is 30.9. The van der Waals surface area contributed by atoms with Crippen LogP contribution in [-0.4, -0.2) is 8.80 Å². The van der Waals surface area contributed by atoms with Crippen LogP contribution in [0.1, 0.15) is 0 Å². The molecule has 109 valence electrons. The highest BCUT2D eigenvalue weighted by Gasteiger charge is 2.20. The van der Waals surface area contributed by atoms with E-state index >= 15 is 0 Å². The molecule has 0 aliphatic carbocycles. The molecule has 3 aromatic carbocycles. The van der Waals surface area contributed by atoms with Gasteiger partial charge in [-0.3, -0.25) is 0 Å². The summed E-state index contributed by atoms with van der Waals surface area (Å²) in [5, 5.41) is 5.94. The highest BCUT2D eigenvalue weighted by atomic mass is 31.1. The molecule has 0 aliphatic heterocycles. The van der Waals surface area contributed by atoms with Crippen LogP contribution in [0, 0.1) is 0 Å². The van der Waals surface area contributed by atoms with Crippen molar-refractivity contribution in [3.63, 3.8) is 0 Å². The fourth-order valence-electron chi connectivity index (χ4n) is 2.67. The van der Waals surface area contributed by atoms with E-state index in [2.05, 4.69) is 98.0 Å². The third-order valence-corrected chi connectivity index (χ3v) is 7.94. The van der Waals surface area contributed by atoms with Gasteiger partial charge in [0.15, 0.2) is 0 Å². The Kier molecular flexibility index (Phi) is 4.87. The lowest BCUT2D eigenvalue weighted by Crippen LogP contribution is -2.38. The first kappa shape index (κ1) is 15.2. The number of hydrogen-bond donors (Lipinski definition) is 0. The van der Waals surface area contributed by atoms with Crippen molar-refractivity contribution in [3.05, 3.63) is 84.9 Å². The summed E-state index contributed by atoms with van der Waals surface area (Å²) in [5.41, 5.74) is 0. The Hall–Kier alpha value is -1.69. The predicted octanol–water partition coefficient (Wildman–Crippen LogP) is 3.41. The first-order chi connectivity index (χ1) is 10.8. The van der Waals surface area contributed by atoms with Crippen molar-refractivity contribution in [1.29, 1.82) is 0 Å². The molecule has 0 bridgehead atoms. The van der Waals surface area contributed by atoms with Crippen LogP contribution in [0.2, 0.25) is 13.1 Å². The number of hydrogen-bond acceptors (Lipinski definition) is 0. The van der Waals surface area contributed by atoms with Gasteiger partial charge in [-0.15, -0.1) is 0 Å². The van der Waals surface area contributed by atoms with Crippen LogP contribution in [0.4, 0.5) is 0 Å². The van der Waals surface area contributed by atoms with Crippen LogP contribution in [0.3, 0.4) is 0 Å². The zero-order chi connectivity index (χ0) is 15.4. The molecule has 0 atom stereocenters. The molecule has 0 heterocycles. The topological polar surface area (TPSA) is 0 Å². The Bertz CT molecular complexity index is 683. The Balaban J connectivity index is 2.19. The largest absolute Gasteiger partial charge is 0.0800 e. The highest BCUT2D eigenvalue weighted by Crippen LogP contribution is 2.31. The third-order valence-electron chi connectivity index (χ3n) is 3.71. The van der Waals surface area contributed by atoms with E-state index in [0.717, 1.165) is 0 Å². The van der Waals surface area contributed by atoms with Crippen molar-refractivity contribution in [3.8, 4) is 0 Å². The smallest absolute Gasteiger partial charge is 0.0671 e. The Morgan fingerprint density at radius 2 is 1.05 bits per heavy atom. The zero-order valence-corrected chi connectivity index (χ0v) is 14.9. The van der Waals surface area contributed by atoms with Gasteiger partial charge in [0.05, 0.1) is 8.80 Å². The first-order valence-electron chi connectivity index (χ1n) is 7.57. The molecule has 0 aromatic heterocycles. The average Bonchev–Trinajstić information content (AvgIpc) is 2.57. The normalized spacial score (nSPS) is 11.1. The van der Waals surface area contributed by atoms with Gasteiger partial charge in [0.1, 0.15) is 0 Å². The van der Waals surface area contributed by atoms with E-state index in [0.29, 0.717) is 0 Å². The highest BCUT2D eigenvalue weighted by molar-refractivity contribution is 7.80. The second kappa shape index (κ2) is 7.04. The zero-order valence-electron chi connectivity index (χ0n) is 13.0. The van der Waals surface area contributed by atoms with Gasteiger partial charge in [-0.25, -0.2) is 0 Å². The van der Waals surface area contributed by atoms with E-state index in [4.69, 9.17) is 0 Å². The molecular formula is C20H20PSi. The third kappa shape index (κ3) is 3.21. The van der Waals surface area contributed by atoms with Crippen molar-refractivity contribution in [2.24, 2.45) is 0 Å². The van der Waals surface area contributed by atoms with Crippen LogP contribution in [0.25, 0.3) is 0 Å². The molecule has 22 heavy (non-hydrogen) atoms. The summed E-state index contributed by atoms with van der Waals surface area (Å²) in [6.07, 6.45) is 0. The summed E-state index contributed by atoms with van der Waals surface area (Å²) >= 11 is 0. The van der Waals surface area contributed by atoms with E-state index in [1.165, 1.54) is 15.9 Å². The van der Waals surface area contributed by atoms with E-state index < -0.39 is 16.7 Å². The standard InChI is InChI=1S/C20H20PSi/c1-22(2)20-16-10-9-15-19(20)21(17-11-5-3-6-12-17)18-13-7-4-8-14-18/h3-16H,1-2H3. The lowest BCUT2D eigenvalue weighted by atomic mass is 10.3. The Morgan fingerprint density at radius 3 is 1.55 bits per heavy atom. The van der Waals surface area contributed by atoms with E-state index in [1.54, 1.807) is 5.19 Å². The maximum Gasteiger partial charge on any atom is 0.0800 e. The van der Waals surface area contributed by atoms with Crippen molar-refractivity contribution in [2.75, 3.05) is 0 Å². The summed E-state index contributed by atoms with van der Waals surface area (Å²) in [7, 11) is -0.958.